The number of nitrogens with one attached hydrogen (secondary N) is 1. The maximum absolute atomic E-state index is 14.6. The van der Waals surface area contributed by atoms with Crippen LogP contribution in [0.2, 0.25) is 0 Å². The van der Waals surface area contributed by atoms with E-state index in [2.05, 4.69) is 12.2 Å². The third-order valence-corrected chi connectivity index (χ3v) is 7.06. The molecule has 0 aromatic heterocycles. The quantitative estimate of drug-likeness (QED) is 0.374. The first-order valence-corrected chi connectivity index (χ1v) is 13.0. The van der Waals surface area contributed by atoms with Crippen LogP contribution < -0.4 is 10.1 Å². The number of rotatable bonds is 13. The zero-order valence-electron chi connectivity index (χ0n) is 21.8. The molecule has 0 radical (unpaired) electrons. The van der Waals surface area contributed by atoms with Crippen molar-refractivity contribution >= 4 is 5.91 Å². The Morgan fingerprint density at radius 2 is 2.03 bits per heavy atom. The van der Waals surface area contributed by atoms with E-state index < -0.39 is 11.4 Å². The Hall–Kier alpha value is -2.48. The first kappa shape index (κ1) is 28.1. The minimum Gasteiger partial charge on any atom is -0.457 e. The van der Waals surface area contributed by atoms with Crippen LogP contribution in [-0.2, 0) is 15.1 Å². The highest BCUT2D eigenvalue weighted by Crippen LogP contribution is 2.44. The molecule has 0 aliphatic carbocycles. The molecule has 1 aliphatic heterocycles. The van der Waals surface area contributed by atoms with Gasteiger partial charge in [0.15, 0.2) is 0 Å². The second-order valence-electron chi connectivity index (χ2n) is 9.98. The van der Waals surface area contributed by atoms with Crippen molar-refractivity contribution in [3.63, 3.8) is 0 Å². The van der Waals surface area contributed by atoms with E-state index in [1.165, 1.54) is 12.1 Å². The lowest BCUT2D eigenvalue weighted by Crippen LogP contribution is -2.48. The maximum Gasteiger partial charge on any atom is 0.222 e. The van der Waals surface area contributed by atoms with Crippen LogP contribution in [0.25, 0.3) is 0 Å². The van der Waals surface area contributed by atoms with Gasteiger partial charge in [-0.2, -0.15) is 0 Å². The first-order valence-electron chi connectivity index (χ1n) is 13.0. The number of amides is 1. The van der Waals surface area contributed by atoms with Crippen LogP contribution >= 0.6 is 0 Å². The van der Waals surface area contributed by atoms with E-state index in [0.29, 0.717) is 56.0 Å². The van der Waals surface area contributed by atoms with Gasteiger partial charge in [-0.3, -0.25) is 4.79 Å². The second-order valence-corrected chi connectivity index (χ2v) is 9.98. The number of carbonyl (C=O) groups excluding carboxylic acids is 1. The van der Waals surface area contributed by atoms with Crippen LogP contribution in [0.15, 0.2) is 48.5 Å². The molecule has 36 heavy (non-hydrogen) atoms. The zero-order chi connectivity index (χ0) is 26.0. The van der Waals surface area contributed by atoms with Gasteiger partial charge in [0.05, 0.1) is 5.60 Å². The monoisotopic (exact) mass is 500 g/mol. The van der Waals surface area contributed by atoms with Crippen LogP contribution in [0.3, 0.4) is 0 Å². The molecule has 6 nitrogen and oxygen atoms in total. The number of nitrogens with zero attached hydrogens (tertiary/aromatic N) is 1. The summed E-state index contributed by atoms with van der Waals surface area (Å²) in [6, 6.07) is 13.6. The van der Waals surface area contributed by atoms with Gasteiger partial charge in [-0.15, -0.1) is 0 Å². The van der Waals surface area contributed by atoms with Crippen molar-refractivity contribution < 1.29 is 23.8 Å². The molecule has 0 unspecified atom stereocenters. The number of benzene rings is 2. The second kappa shape index (κ2) is 13.7. The Balaban J connectivity index is 1.91. The van der Waals surface area contributed by atoms with E-state index in [9.17, 15) is 14.3 Å². The van der Waals surface area contributed by atoms with Gasteiger partial charge in [0.2, 0.25) is 5.91 Å². The van der Waals surface area contributed by atoms with Gasteiger partial charge in [0.25, 0.3) is 0 Å². The Kier molecular flexibility index (Phi) is 10.7. The molecule has 1 heterocycles. The maximum atomic E-state index is 14.6. The van der Waals surface area contributed by atoms with Crippen molar-refractivity contribution in [1.82, 2.24) is 10.2 Å². The zero-order valence-corrected chi connectivity index (χ0v) is 21.8. The summed E-state index contributed by atoms with van der Waals surface area (Å²) in [5, 5.41) is 15.4. The summed E-state index contributed by atoms with van der Waals surface area (Å²) in [5.41, 5.74) is -0.915. The van der Waals surface area contributed by atoms with Crippen molar-refractivity contribution in [1.29, 1.82) is 0 Å². The Labute approximate surface area is 214 Å². The van der Waals surface area contributed by atoms with Crippen LogP contribution in [0, 0.1) is 17.7 Å². The number of unbranched alkanes of at least 4 members (excludes halogenated alkanes) is 1. The molecule has 0 bridgehead atoms. The third kappa shape index (κ3) is 7.51. The minimum absolute atomic E-state index is 0.101. The fraction of sp³-hybridized carbons (Fsp3) is 0.552. The predicted octanol–water partition coefficient (Wildman–Crippen LogP) is 5.11. The van der Waals surface area contributed by atoms with Gasteiger partial charge in [-0.25, -0.2) is 4.39 Å². The number of likely N-dealkylation sites (tertiary alicyclic amines) is 1. The van der Waals surface area contributed by atoms with E-state index in [1.54, 1.807) is 13.2 Å². The van der Waals surface area contributed by atoms with Crippen LogP contribution in [-0.4, -0.2) is 56.3 Å². The fourth-order valence-corrected chi connectivity index (χ4v) is 5.19. The summed E-state index contributed by atoms with van der Waals surface area (Å²) >= 11 is 0. The predicted molar refractivity (Wildman–Crippen MR) is 140 cm³/mol. The lowest BCUT2D eigenvalue weighted by molar-refractivity contribution is -0.137. The van der Waals surface area contributed by atoms with Crippen molar-refractivity contribution in [2.75, 3.05) is 40.4 Å². The van der Waals surface area contributed by atoms with Crippen LogP contribution in [0.4, 0.5) is 4.39 Å². The van der Waals surface area contributed by atoms with Crippen molar-refractivity contribution in [2.24, 2.45) is 11.8 Å². The number of hydrogen-bond acceptors (Lipinski definition) is 5. The van der Waals surface area contributed by atoms with E-state index >= 15 is 0 Å². The number of ether oxygens (including phenoxy) is 2. The van der Waals surface area contributed by atoms with Crippen LogP contribution in [0.1, 0.15) is 51.0 Å². The molecule has 2 N–H and O–H groups in total. The number of halogens is 1. The highest BCUT2D eigenvalue weighted by Gasteiger charge is 2.43. The van der Waals surface area contributed by atoms with Gasteiger partial charge in [-0.1, -0.05) is 25.1 Å². The normalized spacial score (nSPS) is 18.5. The Morgan fingerprint density at radius 3 is 2.75 bits per heavy atom. The van der Waals surface area contributed by atoms with Crippen molar-refractivity contribution in [2.45, 2.75) is 51.0 Å². The number of para-hydroxylation sites is 1. The topological polar surface area (TPSA) is 71.0 Å². The summed E-state index contributed by atoms with van der Waals surface area (Å²) in [4.78, 5) is 14.9. The van der Waals surface area contributed by atoms with Crippen LogP contribution in [0.5, 0.6) is 11.5 Å². The molecule has 1 fully saturated rings. The molecule has 198 valence electrons. The van der Waals surface area contributed by atoms with E-state index in [1.807, 2.05) is 42.3 Å². The number of carbonyl (C=O) groups is 1. The van der Waals surface area contributed by atoms with Crippen molar-refractivity contribution in [3.05, 3.63) is 59.9 Å². The van der Waals surface area contributed by atoms with Gasteiger partial charge in [-0.05, 0) is 81.9 Å². The molecule has 3 atom stereocenters. The summed E-state index contributed by atoms with van der Waals surface area (Å²) in [7, 11) is 3.54. The van der Waals surface area contributed by atoms with Gasteiger partial charge >= 0.3 is 0 Å². The number of piperidine rings is 1. The molecular formula is C29H41FN2O4. The fourth-order valence-electron chi connectivity index (χ4n) is 5.19. The molecule has 2 aromatic rings. The molecule has 0 spiro atoms. The highest BCUT2D eigenvalue weighted by molar-refractivity contribution is 5.76. The highest BCUT2D eigenvalue weighted by atomic mass is 19.1. The molecule has 1 amide bonds. The average Bonchev–Trinajstić information content (AvgIpc) is 2.88. The van der Waals surface area contributed by atoms with Gasteiger partial charge in [0.1, 0.15) is 17.3 Å². The average molecular weight is 501 g/mol. The largest absolute Gasteiger partial charge is 0.457 e. The van der Waals surface area contributed by atoms with Gasteiger partial charge in [0, 0.05) is 44.7 Å². The molecule has 0 saturated carbocycles. The smallest absolute Gasteiger partial charge is 0.222 e. The Bertz CT molecular complexity index is 958. The first-order chi connectivity index (χ1) is 17.4. The number of methoxy groups -OCH3 is 1. The standard InChI is InChI=1S/C29H41FN2O4/c1-22(20-31-2)18-28(33)32-16-9-10-23(21-32)29(34,15-7-8-17-35-3)26-19-24(30)13-14-27(26)36-25-11-5-4-6-12-25/h4-6,11-14,19,22-23,31,34H,7-10,15-18,20-21H2,1-3H3/t22-,23-,29+/m1/s1. The molecule has 3 rings (SSSR count). The van der Waals surface area contributed by atoms with Crippen molar-refractivity contribution in [3.8, 4) is 11.5 Å². The lowest BCUT2D eigenvalue weighted by Gasteiger charge is -2.43. The number of hydrogen-bond donors (Lipinski definition) is 2. The summed E-state index contributed by atoms with van der Waals surface area (Å²) in [6.07, 6.45) is 3.91. The molecule has 2 aromatic carbocycles. The number of aliphatic hydroxyl groups is 1. The Morgan fingerprint density at radius 1 is 1.25 bits per heavy atom. The van der Waals surface area contributed by atoms with E-state index in [4.69, 9.17) is 9.47 Å². The third-order valence-electron chi connectivity index (χ3n) is 7.06. The minimum atomic E-state index is -1.35. The summed E-state index contributed by atoms with van der Waals surface area (Å²) in [5.74, 6) is 0.714. The molecule has 7 heteroatoms. The summed E-state index contributed by atoms with van der Waals surface area (Å²) < 4.78 is 25.9. The molecule has 1 aliphatic rings. The molecular weight excluding hydrogens is 459 g/mol. The SMILES string of the molecule is CNC[C@H](C)CC(=O)N1CCC[C@@H]([C@@](O)(CCCCOC)c2cc(F)ccc2Oc2ccccc2)C1. The molecule has 1 saturated heterocycles. The van der Waals surface area contributed by atoms with Gasteiger partial charge < -0.3 is 24.8 Å². The van der Waals surface area contributed by atoms with E-state index in [0.717, 1.165) is 25.8 Å². The summed E-state index contributed by atoms with van der Waals surface area (Å²) in [6.45, 7) is 4.54. The lowest BCUT2D eigenvalue weighted by atomic mass is 9.73. The van der Waals surface area contributed by atoms with E-state index in [-0.39, 0.29) is 17.7 Å².